The van der Waals surface area contributed by atoms with Gasteiger partial charge in [-0.3, -0.25) is 14.4 Å². The molecular weight excluding hydrogens is 466 g/mol. The number of amides is 3. The summed E-state index contributed by atoms with van der Waals surface area (Å²) >= 11 is 3.90. The molecule has 0 aliphatic heterocycles. The zero-order chi connectivity index (χ0) is 25.7. The van der Waals surface area contributed by atoms with Crippen molar-refractivity contribution in [2.45, 2.75) is 49.9 Å². The number of nitrogens with two attached hydrogens (primary N) is 2. The van der Waals surface area contributed by atoms with Crippen LogP contribution in [0.4, 0.5) is 0 Å². The molecule has 4 unspecified atom stereocenters. The van der Waals surface area contributed by atoms with Gasteiger partial charge in [0.1, 0.15) is 23.9 Å². The fourth-order valence-electron chi connectivity index (χ4n) is 2.92. The molecular formula is C21H33N5O7S. The van der Waals surface area contributed by atoms with Crippen molar-refractivity contribution in [2.24, 2.45) is 11.5 Å². The van der Waals surface area contributed by atoms with Crippen molar-refractivity contribution in [1.29, 1.82) is 0 Å². The van der Waals surface area contributed by atoms with Crippen LogP contribution in [0.5, 0.6) is 5.75 Å². The lowest BCUT2D eigenvalue weighted by atomic mass is 10.0. The van der Waals surface area contributed by atoms with Crippen LogP contribution in [-0.4, -0.2) is 82.1 Å². The van der Waals surface area contributed by atoms with Crippen molar-refractivity contribution in [2.75, 3.05) is 18.9 Å². The molecule has 34 heavy (non-hydrogen) atoms. The van der Waals surface area contributed by atoms with Gasteiger partial charge in [-0.15, -0.1) is 0 Å². The lowest BCUT2D eigenvalue weighted by molar-refractivity contribution is -0.141. The first-order chi connectivity index (χ1) is 16.1. The second kappa shape index (κ2) is 15.1. The van der Waals surface area contributed by atoms with E-state index in [-0.39, 0.29) is 17.9 Å². The van der Waals surface area contributed by atoms with E-state index in [9.17, 15) is 34.5 Å². The highest BCUT2D eigenvalue weighted by Crippen LogP contribution is 2.12. The summed E-state index contributed by atoms with van der Waals surface area (Å²) < 4.78 is 0. The Bertz CT molecular complexity index is 824. The minimum absolute atomic E-state index is 0.000612. The van der Waals surface area contributed by atoms with Gasteiger partial charge >= 0.3 is 5.97 Å². The minimum Gasteiger partial charge on any atom is -0.508 e. The largest absolute Gasteiger partial charge is 0.508 e. The van der Waals surface area contributed by atoms with Gasteiger partial charge in [0.05, 0.1) is 12.6 Å². The average Bonchev–Trinajstić information content (AvgIpc) is 2.81. The Hall–Kier alpha value is -2.87. The monoisotopic (exact) mass is 499 g/mol. The van der Waals surface area contributed by atoms with Crippen molar-refractivity contribution >= 4 is 36.3 Å². The van der Waals surface area contributed by atoms with Crippen LogP contribution < -0.4 is 27.4 Å². The van der Waals surface area contributed by atoms with Crippen LogP contribution in [0.1, 0.15) is 24.8 Å². The Morgan fingerprint density at radius 2 is 1.47 bits per heavy atom. The van der Waals surface area contributed by atoms with E-state index in [1.807, 2.05) is 0 Å². The van der Waals surface area contributed by atoms with E-state index in [0.29, 0.717) is 31.4 Å². The molecule has 0 fully saturated rings. The average molecular weight is 500 g/mol. The quantitative estimate of drug-likeness (QED) is 0.0948. The molecule has 0 saturated carbocycles. The third-order valence-corrected chi connectivity index (χ3v) is 5.29. The molecule has 0 radical (unpaired) electrons. The van der Waals surface area contributed by atoms with Gasteiger partial charge in [-0.05, 0) is 37.1 Å². The normalized spacial score (nSPS) is 14.4. The van der Waals surface area contributed by atoms with Crippen LogP contribution in [-0.2, 0) is 25.6 Å². The molecule has 0 spiro atoms. The fourth-order valence-corrected chi connectivity index (χ4v) is 3.17. The number of thiol groups is 1. The minimum atomic E-state index is -1.39. The van der Waals surface area contributed by atoms with Crippen LogP contribution in [0.25, 0.3) is 0 Å². The number of unbranched alkanes of at least 4 members (excludes halogenated alkanes) is 1. The van der Waals surface area contributed by atoms with Crippen LogP contribution >= 0.6 is 12.6 Å². The van der Waals surface area contributed by atoms with E-state index >= 15 is 0 Å². The highest BCUT2D eigenvalue weighted by Gasteiger charge is 2.30. The van der Waals surface area contributed by atoms with Gasteiger partial charge in [0, 0.05) is 12.2 Å². The third kappa shape index (κ3) is 9.95. The first-order valence-electron chi connectivity index (χ1n) is 10.7. The van der Waals surface area contributed by atoms with Crippen LogP contribution in [0.3, 0.4) is 0 Å². The number of aliphatic hydroxyl groups excluding tert-OH is 1. The molecule has 0 aliphatic rings. The lowest BCUT2D eigenvalue weighted by Gasteiger charge is -2.24. The first kappa shape index (κ1) is 29.2. The van der Waals surface area contributed by atoms with E-state index in [1.54, 1.807) is 0 Å². The molecule has 12 nitrogen and oxygen atoms in total. The molecule has 10 N–H and O–H groups in total. The van der Waals surface area contributed by atoms with Gasteiger partial charge in [-0.2, -0.15) is 12.6 Å². The molecule has 1 aromatic carbocycles. The Balaban J connectivity index is 2.94. The van der Waals surface area contributed by atoms with E-state index in [4.69, 9.17) is 11.5 Å². The molecule has 0 saturated heterocycles. The number of carboxylic acids is 1. The first-order valence-corrected chi connectivity index (χ1v) is 11.3. The number of carbonyl (C=O) groups excluding carboxylic acids is 3. The number of aliphatic carboxylic acids is 1. The Labute approximate surface area is 202 Å². The Kier molecular flexibility index (Phi) is 13.0. The fraction of sp³-hybridized carbons (Fsp3) is 0.524. The van der Waals surface area contributed by atoms with E-state index in [1.165, 1.54) is 24.3 Å². The Morgan fingerprint density at radius 3 is 2.00 bits per heavy atom. The van der Waals surface area contributed by atoms with Gasteiger partial charge in [-0.1, -0.05) is 18.6 Å². The van der Waals surface area contributed by atoms with Crippen molar-refractivity contribution in [3.05, 3.63) is 29.8 Å². The topological polar surface area (TPSA) is 217 Å². The number of carbonyl (C=O) groups is 4. The SMILES string of the molecule is NCCCCC(N)C(=O)NC(CO)C(=O)NC(Cc1ccc(O)cc1)C(=O)NC(CS)C(=O)O. The van der Waals surface area contributed by atoms with Crippen LogP contribution in [0.2, 0.25) is 0 Å². The van der Waals surface area contributed by atoms with Gasteiger partial charge < -0.3 is 42.7 Å². The van der Waals surface area contributed by atoms with E-state index in [0.717, 1.165) is 0 Å². The summed E-state index contributed by atoms with van der Waals surface area (Å²) in [5.74, 6) is -3.79. The summed E-state index contributed by atoms with van der Waals surface area (Å²) in [7, 11) is 0. The van der Waals surface area contributed by atoms with Crippen molar-refractivity contribution in [3.63, 3.8) is 0 Å². The number of hydrogen-bond donors (Lipinski definition) is 9. The number of phenolic OH excluding ortho intramolecular Hbond substituents is 1. The maximum absolute atomic E-state index is 12.8. The van der Waals surface area contributed by atoms with Crippen molar-refractivity contribution < 1.29 is 34.5 Å². The molecule has 190 valence electrons. The molecule has 13 heteroatoms. The number of benzene rings is 1. The van der Waals surface area contributed by atoms with Gasteiger partial charge in [0.15, 0.2) is 0 Å². The molecule has 1 rings (SSSR count). The maximum atomic E-state index is 12.8. The second-order valence-electron chi connectivity index (χ2n) is 7.65. The van der Waals surface area contributed by atoms with Crippen LogP contribution in [0.15, 0.2) is 24.3 Å². The highest BCUT2D eigenvalue weighted by molar-refractivity contribution is 7.80. The molecule has 1 aromatic rings. The van der Waals surface area contributed by atoms with E-state index < -0.39 is 54.5 Å². The Morgan fingerprint density at radius 1 is 0.912 bits per heavy atom. The summed E-state index contributed by atoms with van der Waals surface area (Å²) in [5.41, 5.74) is 11.8. The predicted octanol–water partition coefficient (Wildman–Crippen LogP) is -2.15. The number of aliphatic hydroxyl groups is 1. The second-order valence-corrected chi connectivity index (χ2v) is 8.01. The molecule has 4 atom stereocenters. The van der Waals surface area contributed by atoms with Gasteiger partial charge in [0.25, 0.3) is 0 Å². The molecule has 0 bridgehead atoms. The summed E-state index contributed by atoms with van der Waals surface area (Å²) in [6.07, 6.45) is 1.59. The maximum Gasteiger partial charge on any atom is 0.327 e. The van der Waals surface area contributed by atoms with Crippen molar-refractivity contribution in [3.8, 4) is 5.75 Å². The molecule has 3 amide bonds. The van der Waals surface area contributed by atoms with E-state index in [2.05, 4.69) is 28.6 Å². The zero-order valence-electron chi connectivity index (χ0n) is 18.6. The predicted molar refractivity (Wildman–Crippen MR) is 127 cm³/mol. The summed E-state index contributed by atoms with van der Waals surface area (Å²) in [5, 5.41) is 35.3. The standard InChI is InChI=1S/C21H33N5O7S/c22-8-2-1-3-14(23)18(29)25-16(10-27)20(31)24-15(9-12-4-6-13(28)7-5-12)19(30)26-17(11-34)21(32)33/h4-7,14-17,27-28,34H,1-3,8-11,22-23H2,(H,24,31)(H,25,29)(H,26,30)(H,32,33). The number of aromatic hydroxyl groups is 1. The zero-order valence-corrected chi connectivity index (χ0v) is 19.5. The third-order valence-electron chi connectivity index (χ3n) is 4.93. The smallest absolute Gasteiger partial charge is 0.327 e. The number of rotatable bonds is 15. The van der Waals surface area contributed by atoms with Crippen LogP contribution in [0, 0.1) is 0 Å². The van der Waals surface area contributed by atoms with Crippen molar-refractivity contribution in [1.82, 2.24) is 16.0 Å². The summed E-state index contributed by atoms with van der Waals surface area (Å²) in [4.78, 5) is 49.0. The number of carboxylic acid groups (broad SMARTS) is 1. The van der Waals surface area contributed by atoms with Gasteiger partial charge in [0.2, 0.25) is 17.7 Å². The highest BCUT2D eigenvalue weighted by atomic mass is 32.1. The van der Waals surface area contributed by atoms with Gasteiger partial charge in [-0.25, -0.2) is 4.79 Å². The molecule has 0 heterocycles. The number of hydrogen-bond acceptors (Lipinski definition) is 9. The summed E-state index contributed by atoms with van der Waals surface area (Å²) in [6.45, 7) is -0.300. The number of nitrogens with one attached hydrogen (secondary N) is 3. The molecule has 0 aliphatic carbocycles. The molecule has 0 aromatic heterocycles. The lowest BCUT2D eigenvalue weighted by Crippen LogP contribution is -2.58. The summed E-state index contributed by atoms with van der Waals surface area (Å²) in [6, 6.07) is 1.00. The number of phenols is 1.